The van der Waals surface area contributed by atoms with E-state index in [2.05, 4.69) is 22.5 Å². The van der Waals surface area contributed by atoms with E-state index in [0.29, 0.717) is 28.9 Å². The Bertz CT molecular complexity index is 442. The van der Waals surface area contributed by atoms with Crippen LogP contribution in [0.2, 0.25) is 0 Å². The quantitative estimate of drug-likeness (QED) is 0.559. The molecule has 1 amide bonds. The van der Waals surface area contributed by atoms with Crippen molar-refractivity contribution in [2.45, 2.75) is 46.1 Å². The van der Waals surface area contributed by atoms with Gasteiger partial charge in [-0.15, -0.1) is 0 Å². The van der Waals surface area contributed by atoms with Gasteiger partial charge < -0.3 is 21.5 Å². The van der Waals surface area contributed by atoms with Crippen LogP contribution in [0.4, 0.5) is 10.9 Å². The fourth-order valence-electron chi connectivity index (χ4n) is 2.06. The van der Waals surface area contributed by atoms with Gasteiger partial charge in [0.15, 0.2) is 5.13 Å². The van der Waals surface area contributed by atoms with Gasteiger partial charge in [-0.05, 0) is 32.6 Å². The van der Waals surface area contributed by atoms with E-state index in [4.69, 9.17) is 10.8 Å². The van der Waals surface area contributed by atoms with Gasteiger partial charge in [0.2, 0.25) is 0 Å². The molecule has 0 aliphatic heterocycles. The lowest BCUT2D eigenvalue weighted by atomic mass is 10.0. The number of nitrogens with zero attached hydrogens (tertiary/aromatic N) is 1. The van der Waals surface area contributed by atoms with Crippen molar-refractivity contribution in [2.75, 3.05) is 24.2 Å². The van der Waals surface area contributed by atoms with Crippen LogP contribution in [0.25, 0.3) is 0 Å². The minimum Gasteiger partial charge on any atom is -0.396 e. The van der Waals surface area contributed by atoms with E-state index in [1.54, 1.807) is 0 Å². The van der Waals surface area contributed by atoms with Gasteiger partial charge in [-0.1, -0.05) is 24.7 Å². The highest BCUT2D eigenvalue weighted by molar-refractivity contribution is 7.18. The second-order valence-electron chi connectivity index (χ2n) is 5.41. The third kappa shape index (κ3) is 5.89. The Morgan fingerprint density at radius 2 is 2.14 bits per heavy atom. The zero-order valence-corrected chi connectivity index (χ0v) is 13.8. The summed E-state index contributed by atoms with van der Waals surface area (Å²) in [5.41, 5.74) is 5.80. The lowest BCUT2D eigenvalue weighted by Crippen LogP contribution is -2.29. The molecule has 0 saturated heterocycles. The Morgan fingerprint density at radius 3 is 2.71 bits per heavy atom. The third-order valence-corrected chi connectivity index (χ3v) is 4.06. The van der Waals surface area contributed by atoms with Crippen LogP contribution in [-0.4, -0.2) is 35.2 Å². The predicted octanol–water partition coefficient (Wildman–Crippen LogP) is 2.07. The predicted molar refractivity (Wildman–Crippen MR) is 87.7 cm³/mol. The molecular weight excluding hydrogens is 288 g/mol. The van der Waals surface area contributed by atoms with Crippen LogP contribution >= 0.6 is 11.3 Å². The molecular formula is C14H26N4O2S. The molecule has 0 fully saturated rings. The van der Waals surface area contributed by atoms with Crippen LogP contribution in [0.1, 0.15) is 49.7 Å². The Morgan fingerprint density at radius 1 is 1.43 bits per heavy atom. The van der Waals surface area contributed by atoms with Gasteiger partial charge in [0.05, 0.1) is 0 Å². The van der Waals surface area contributed by atoms with Crippen molar-refractivity contribution in [3.63, 3.8) is 0 Å². The molecule has 6 nitrogen and oxygen atoms in total. The normalized spacial score (nSPS) is 12.4. The number of nitrogens with two attached hydrogens (primary N) is 1. The molecule has 0 aromatic carbocycles. The highest BCUT2D eigenvalue weighted by atomic mass is 32.1. The largest absolute Gasteiger partial charge is 0.396 e. The number of carbonyl (C=O) groups is 1. The molecule has 0 spiro atoms. The van der Waals surface area contributed by atoms with E-state index >= 15 is 0 Å². The van der Waals surface area contributed by atoms with Crippen molar-refractivity contribution in [1.29, 1.82) is 0 Å². The Balaban J connectivity index is 2.60. The molecule has 1 heterocycles. The van der Waals surface area contributed by atoms with Crippen LogP contribution in [0.15, 0.2) is 0 Å². The summed E-state index contributed by atoms with van der Waals surface area (Å²) >= 11 is 1.27. The van der Waals surface area contributed by atoms with Crippen LogP contribution in [0, 0.1) is 5.92 Å². The number of rotatable bonds is 9. The maximum atomic E-state index is 12.2. The van der Waals surface area contributed by atoms with Crippen molar-refractivity contribution >= 4 is 28.2 Å². The number of aliphatic hydroxyl groups excluding tert-OH is 1. The van der Waals surface area contributed by atoms with Gasteiger partial charge in [-0.25, -0.2) is 4.98 Å². The Hall–Kier alpha value is -1.34. The fourth-order valence-corrected chi connectivity index (χ4v) is 3.01. The van der Waals surface area contributed by atoms with Crippen molar-refractivity contribution < 1.29 is 9.90 Å². The number of aromatic nitrogens is 1. The smallest absolute Gasteiger partial charge is 0.265 e. The number of thiazole rings is 1. The topological polar surface area (TPSA) is 100 Å². The first-order chi connectivity index (χ1) is 9.97. The average Bonchev–Trinajstić information content (AvgIpc) is 2.76. The van der Waals surface area contributed by atoms with E-state index < -0.39 is 0 Å². The third-order valence-electron chi connectivity index (χ3n) is 3.06. The van der Waals surface area contributed by atoms with Gasteiger partial charge >= 0.3 is 0 Å². The summed E-state index contributed by atoms with van der Waals surface area (Å²) in [6, 6.07) is 0.241. The summed E-state index contributed by atoms with van der Waals surface area (Å²) in [4.78, 5) is 16.8. The van der Waals surface area contributed by atoms with Crippen LogP contribution in [-0.2, 0) is 0 Å². The van der Waals surface area contributed by atoms with Gasteiger partial charge in [-0.2, -0.15) is 0 Å². The van der Waals surface area contributed by atoms with Crippen LogP contribution in [0.5, 0.6) is 0 Å². The molecule has 0 radical (unpaired) electrons. The number of nitrogen functional groups attached to an aromatic ring is 1. The van der Waals surface area contributed by atoms with E-state index in [9.17, 15) is 4.79 Å². The molecule has 1 rings (SSSR count). The van der Waals surface area contributed by atoms with E-state index in [1.165, 1.54) is 11.3 Å². The highest BCUT2D eigenvalue weighted by Crippen LogP contribution is 2.25. The number of hydrogen-bond donors (Lipinski definition) is 4. The van der Waals surface area contributed by atoms with Gasteiger partial charge in [0, 0.05) is 19.2 Å². The first kappa shape index (κ1) is 17.7. The standard InChI is InChI=1S/C14H26N4O2S/c1-4-5-10(6-7-19)8-16-13(20)11-12(15)18-14(21-11)17-9(2)3/h9-10,19H,4-8,15H2,1-3H3,(H,16,20)(H,17,18). The Labute approximate surface area is 130 Å². The van der Waals surface area contributed by atoms with Crippen molar-refractivity contribution in [1.82, 2.24) is 10.3 Å². The molecule has 1 atom stereocenters. The number of anilines is 2. The fraction of sp³-hybridized carbons (Fsp3) is 0.714. The number of hydrogen-bond acceptors (Lipinski definition) is 6. The Kier molecular flexibility index (Phi) is 7.45. The molecule has 21 heavy (non-hydrogen) atoms. The van der Waals surface area contributed by atoms with E-state index in [-0.39, 0.29) is 24.4 Å². The molecule has 1 aromatic heterocycles. The molecule has 0 aliphatic carbocycles. The molecule has 5 N–H and O–H groups in total. The van der Waals surface area contributed by atoms with Crippen molar-refractivity contribution in [2.24, 2.45) is 5.92 Å². The molecule has 0 bridgehead atoms. The van der Waals surface area contributed by atoms with Gasteiger partial charge in [0.1, 0.15) is 10.7 Å². The molecule has 1 unspecified atom stereocenters. The number of nitrogens with one attached hydrogen (secondary N) is 2. The summed E-state index contributed by atoms with van der Waals surface area (Å²) in [6.45, 7) is 6.80. The van der Waals surface area contributed by atoms with Crippen LogP contribution < -0.4 is 16.4 Å². The molecule has 0 saturated carbocycles. The highest BCUT2D eigenvalue weighted by Gasteiger charge is 2.17. The maximum Gasteiger partial charge on any atom is 0.265 e. The minimum atomic E-state index is -0.194. The lowest BCUT2D eigenvalue weighted by molar-refractivity contribution is 0.0947. The van der Waals surface area contributed by atoms with Crippen molar-refractivity contribution in [3.05, 3.63) is 4.88 Å². The maximum absolute atomic E-state index is 12.2. The monoisotopic (exact) mass is 314 g/mol. The first-order valence-corrected chi connectivity index (χ1v) is 8.21. The van der Waals surface area contributed by atoms with Gasteiger partial charge in [0.25, 0.3) is 5.91 Å². The summed E-state index contributed by atoms with van der Waals surface area (Å²) in [5.74, 6) is 0.363. The zero-order valence-electron chi connectivity index (χ0n) is 13.0. The first-order valence-electron chi connectivity index (χ1n) is 7.39. The van der Waals surface area contributed by atoms with Crippen molar-refractivity contribution in [3.8, 4) is 0 Å². The SMILES string of the molecule is CCCC(CCO)CNC(=O)c1sc(NC(C)C)nc1N. The second-order valence-corrected chi connectivity index (χ2v) is 6.41. The summed E-state index contributed by atoms with van der Waals surface area (Å²) in [6.07, 6.45) is 2.72. The number of amides is 1. The van der Waals surface area contributed by atoms with E-state index in [1.807, 2.05) is 13.8 Å². The lowest BCUT2D eigenvalue weighted by Gasteiger charge is -2.15. The van der Waals surface area contributed by atoms with E-state index in [0.717, 1.165) is 12.8 Å². The summed E-state index contributed by atoms with van der Waals surface area (Å²) in [5, 5.41) is 15.7. The van der Waals surface area contributed by atoms with Crippen LogP contribution in [0.3, 0.4) is 0 Å². The molecule has 120 valence electrons. The van der Waals surface area contributed by atoms with Gasteiger partial charge in [-0.3, -0.25) is 4.79 Å². The molecule has 7 heteroatoms. The summed E-state index contributed by atoms with van der Waals surface area (Å²) < 4.78 is 0. The zero-order chi connectivity index (χ0) is 15.8. The summed E-state index contributed by atoms with van der Waals surface area (Å²) in [7, 11) is 0. The minimum absolute atomic E-state index is 0.145. The molecule has 1 aromatic rings. The average molecular weight is 314 g/mol. The number of aliphatic hydroxyl groups is 1. The second kappa shape index (κ2) is 8.84. The number of carbonyl (C=O) groups excluding carboxylic acids is 1. The molecule has 0 aliphatic rings.